The third-order valence-corrected chi connectivity index (χ3v) is 4.49. The van der Waals surface area contributed by atoms with Crippen molar-refractivity contribution in [2.75, 3.05) is 13.6 Å². The van der Waals surface area contributed by atoms with Crippen LogP contribution in [0.25, 0.3) is 0 Å². The van der Waals surface area contributed by atoms with Crippen molar-refractivity contribution in [2.45, 2.75) is 64.7 Å². The molecule has 0 aromatic carbocycles. The van der Waals surface area contributed by atoms with Crippen molar-refractivity contribution in [1.29, 1.82) is 0 Å². The first-order valence-electron chi connectivity index (χ1n) is 7.98. The molecule has 118 valence electrons. The summed E-state index contributed by atoms with van der Waals surface area (Å²) in [5.41, 5.74) is 0.0892. The molecule has 0 unspecified atom stereocenters. The maximum absolute atomic E-state index is 11.2. The first-order valence-corrected chi connectivity index (χ1v) is 7.98. The Balaban J connectivity index is 2.05. The van der Waals surface area contributed by atoms with Gasteiger partial charge in [0.25, 0.3) is 0 Å². The first-order chi connectivity index (χ1) is 9.93. The summed E-state index contributed by atoms with van der Waals surface area (Å²) < 4.78 is 5.58. The predicted molar refractivity (Wildman–Crippen MR) is 80.9 cm³/mol. The fraction of sp³-hybridized carbons (Fsp3) is 0.812. The molecule has 0 radical (unpaired) electrons. The topological polar surface area (TPSA) is 59.2 Å². The van der Waals surface area contributed by atoms with Crippen LogP contribution in [0.4, 0.5) is 0 Å². The molecule has 1 aliphatic rings. The number of hydrogen-bond acceptors (Lipinski definition) is 4. The Morgan fingerprint density at radius 3 is 2.62 bits per heavy atom. The quantitative estimate of drug-likeness (QED) is 0.809. The summed E-state index contributed by atoms with van der Waals surface area (Å²) in [6.45, 7) is 6.70. The molecule has 2 rings (SSSR count). The van der Waals surface area contributed by atoms with Gasteiger partial charge in [-0.25, -0.2) is 0 Å². The molecule has 0 saturated heterocycles. The van der Waals surface area contributed by atoms with E-state index in [4.69, 9.17) is 4.52 Å². The molecule has 0 spiro atoms. The van der Waals surface area contributed by atoms with Crippen molar-refractivity contribution in [3.63, 3.8) is 0 Å². The van der Waals surface area contributed by atoms with E-state index >= 15 is 0 Å². The molecule has 1 aromatic rings. The standard InChI is InChI=1S/C16H27N3O2/c1-12(2)11-16(8-5-6-9-16)15-17-14(18-21-15)7-10-19(4)13(3)20/h12H,5-11H2,1-4H3. The molecule has 0 atom stereocenters. The molecule has 5 heteroatoms. The molecule has 1 aliphatic carbocycles. The van der Waals surface area contributed by atoms with E-state index in [2.05, 4.69) is 24.0 Å². The summed E-state index contributed by atoms with van der Waals surface area (Å²) in [7, 11) is 1.79. The molecular weight excluding hydrogens is 266 g/mol. The molecule has 1 heterocycles. The van der Waals surface area contributed by atoms with Crippen molar-refractivity contribution in [3.05, 3.63) is 11.7 Å². The van der Waals surface area contributed by atoms with Crippen molar-refractivity contribution in [2.24, 2.45) is 5.92 Å². The van der Waals surface area contributed by atoms with Gasteiger partial charge in [-0.05, 0) is 25.2 Å². The second-order valence-corrected chi connectivity index (χ2v) is 6.79. The highest BCUT2D eigenvalue weighted by Crippen LogP contribution is 2.44. The van der Waals surface area contributed by atoms with Crippen LogP contribution < -0.4 is 0 Å². The molecule has 1 saturated carbocycles. The molecule has 21 heavy (non-hydrogen) atoms. The van der Waals surface area contributed by atoms with Crippen LogP contribution in [0.2, 0.25) is 0 Å². The van der Waals surface area contributed by atoms with Crippen LogP contribution in [0.5, 0.6) is 0 Å². The van der Waals surface area contributed by atoms with Gasteiger partial charge in [-0.3, -0.25) is 4.79 Å². The summed E-state index contributed by atoms with van der Waals surface area (Å²) in [5, 5.41) is 4.12. The Labute approximate surface area is 127 Å². The minimum absolute atomic E-state index is 0.0609. The van der Waals surface area contributed by atoms with Gasteiger partial charge < -0.3 is 9.42 Å². The third-order valence-electron chi connectivity index (χ3n) is 4.49. The predicted octanol–water partition coefficient (Wildman–Crippen LogP) is 2.95. The Kier molecular flexibility index (Phi) is 5.01. The molecular formula is C16H27N3O2. The Morgan fingerprint density at radius 1 is 1.38 bits per heavy atom. The van der Waals surface area contributed by atoms with E-state index < -0.39 is 0 Å². The minimum atomic E-state index is 0.0609. The van der Waals surface area contributed by atoms with Gasteiger partial charge in [0.2, 0.25) is 11.8 Å². The van der Waals surface area contributed by atoms with E-state index in [-0.39, 0.29) is 11.3 Å². The number of likely N-dealkylation sites (N-methyl/N-ethyl adjacent to an activating group) is 1. The average Bonchev–Trinajstić information content (AvgIpc) is 3.04. The normalized spacial score (nSPS) is 17.4. The number of amides is 1. The lowest BCUT2D eigenvalue weighted by Gasteiger charge is -2.26. The number of hydrogen-bond donors (Lipinski definition) is 0. The van der Waals surface area contributed by atoms with Crippen LogP contribution in [0, 0.1) is 5.92 Å². The zero-order chi connectivity index (χ0) is 15.5. The zero-order valence-electron chi connectivity index (χ0n) is 13.7. The van der Waals surface area contributed by atoms with E-state index in [1.54, 1.807) is 18.9 Å². The maximum Gasteiger partial charge on any atom is 0.232 e. The summed E-state index contributed by atoms with van der Waals surface area (Å²) in [6, 6.07) is 0. The number of aromatic nitrogens is 2. The summed E-state index contributed by atoms with van der Waals surface area (Å²) in [4.78, 5) is 17.5. The van der Waals surface area contributed by atoms with E-state index in [0.29, 0.717) is 24.7 Å². The van der Waals surface area contributed by atoms with Gasteiger partial charge in [-0.1, -0.05) is 31.8 Å². The number of carbonyl (C=O) groups excluding carboxylic acids is 1. The molecule has 0 N–H and O–H groups in total. The lowest BCUT2D eigenvalue weighted by atomic mass is 9.78. The Hall–Kier alpha value is -1.39. The molecule has 1 fully saturated rings. The number of carbonyl (C=O) groups is 1. The van der Waals surface area contributed by atoms with E-state index in [0.717, 1.165) is 25.2 Å². The van der Waals surface area contributed by atoms with Gasteiger partial charge in [0.1, 0.15) is 0 Å². The summed E-state index contributed by atoms with van der Waals surface area (Å²) >= 11 is 0. The summed E-state index contributed by atoms with van der Waals surface area (Å²) in [5.74, 6) is 2.22. The number of rotatable bonds is 6. The second kappa shape index (κ2) is 6.58. The van der Waals surface area contributed by atoms with E-state index in [1.807, 2.05) is 0 Å². The van der Waals surface area contributed by atoms with Crippen LogP contribution >= 0.6 is 0 Å². The summed E-state index contributed by atoms with van der Waals surface area (Å²) in [6.07, 6.45) is 6.56. The minimum Gasteiger partial charge on any atom is -0.346 e. The maximum atomic E-state index is 11.2. The number of nitrogens with zero attached hydrogens (tertiary/aromatic N) is 3. The monoisotopic (exact) mass is 293 g/mol. The van der Waals surface area contributed by atoms with Crippen molar-refractivity contribution >= 4 is 5.91 Å². The van der Waals surface area contributed by atoms with E-state index in [9.17, 15) is 4.79 Å². The fourth-order valence-corrected chi connectivity index (χ4v) is 3.33. The van der Waals surface area contributed by atoms with Crippen LogP contribution in [0.15, 0.2) is 4.52 Å². The Morgan fingerprint density at radius 2 is 2.05 bits per heavy atom. The SMILES string of the molecule is CC(=O)N(C)CCc1noc(C2(CC(C)C)CCCC2)n1. The molecule has 0 aliphatic heterocycles. The Bertz CT molecular complexity index is 476. The third kappa shape index (κ3) is 3.83. The highest BCUT2D eigenvalue weighted by molar-refractivity contribution is 5.72. The van der Waals surface area contributed by atoms with Crippen LogP contribution in [-0.2, 0) is 16.6 Å². The van der Waals surface area contributed by atoms with Gasteiger partial charge >= 0.3 is 0 Å². The first kappa shape index (κ1) is 16.0. The van der Waals surface area contributed by atoms with Gasteiger partial charge in [0.15, 0.2) is 5.82 Å². The zero-order valence-corrected chi connectivity index (χ0v) is 13.7. The average molecular weight is 293 g/mol. The lowest BCUT2D eigenvalue weighted by Crippen LogP contribution is -2.26. The van der Waals surface area contributed by atoms with Gasteiger partial charge in [-0.2, -0.15) is 4.98 Å². The molecule has 5 nitrogen and oxygen atoms in total. The van der Waals surface area contributed by atoms with Gasteiger partial charge in [0, 0.05) is 32.4 Å². The molecule has 0 bridgehead atoms. The fourth-order valence-electron chi connectivity index (χ4n) is 3.33. The van der Waals surface area contributed by atoms with Crippen LogP contribution in [-0.4, -0.2) is 34.5 Å². The second-order valence-electron chi connectivity index (χ2n) is 6.79. The molecule has 1 amide bonds. The van der Waals surface area contributed by atoms with Crippen molar-refractivity contribution in [3.8, 4) is 0 Å². The van der Waals surface area contributed by atoms with Gasteiger partial charge in [-0.15, -0.1) is 0 Å². The smallest absolute Gasteiger partial charge is 0.232 e. The largest absolute Gasteiger partial charge is 0.346 e. The van der Waals surface area contributed by atoms with Gasteiger partial charge in [0.05, 0.1) is 0 Å². The van der Waals surface area contributed by atoms with Crippen LogP contribution in [0.1, 0.15) is 64.6 Å². The lowest BCUT2D eigenvalue weighted by molar-refractivity contribution is -0.127. The van der Waals surface area contributed by atoms with Crippen LogP contribution in [0.3, 0.4) is 0 Å². The highest BCUT2D eigenvalue weighted by Gasteiger charge is 2.41. The van der Waals surface area contributed by atoms with E-state index in [1.165, 1.54) is 12.8 Å². The molecule has 1 aromatic heterocycles. The highest BCUT2D eigenvalue weighted by atomic mass is 16.5. The van der Waals surface area contributed by atoms with Crippen molar-refractivity contribution < 1.29 is 9.32 Å². The van der Waals surface area contributed by atoms with Crippen molar-refractivity contribution in [1.82, 2.24) is 15.0 Å².